The summed E-state index contributed by atoms with van der Waals surface area (Å²) in [6.07, 6.45) is 3.78. The molecule has 1 aromatic heterocycles. The molecule has 4 rings (SSSR count). The second kappa shape index (κ2) is 11.4. The van der Waals surface area contributed by atoms with Crippen LogP contribution in [0.3, 0.4) is 0 Å². The second-order valence-electron chi connectivity index (χ2n) is 8.83. The van der Waals surface area contributed by atoms with Crippen LogP contribution in [0.15, 0.2) is 68.0 Å². The topological polar surface area (TPSA) is 87.7 Å². The molecule has 0 saturated heterocycles. The molecule has 0 amide bonds. The van der Waals surface area contributed by atoms with Crippen LogP contribution in [0.4, 0.5) is 0 Å². The number of hydrogen-bond donors (Lipinski definition) is 2. The number of Topliss-reactive ketones (excluding diaryl/α,β-unsaturated/α-hetero) is 1. The number of halogens is 2. The summed E-state index contributed by atoms with van der Waals surface area (Å²) in [6, 6.07) is 15.8. The molecule has 0 atom stereocenters. The lowest BCUT2D eigenvalue weighted by atomic mass is 9.96. The van der Waals surface area contributed by atoms with Crippen LogP contribution in [0, 0.1) is 0 Å². The van der Waals surface area contributed by atoms with Crippen molar-refractivity contribution in [1.82, 2.24) is 0 Å². The summed E-state index contributed by atoms with van der Waals surface area (Å²) < 4.78 is 6.93. The van der Waals surface area contributed by atoms with Crippen LogP contribution in [-0.2, 0) is 24.1 Å². The third-order valence-electron chi connectivity index (χ3n) is 6.11. The van der Waals surface area contributed by atoms with Gasteiger partial charge in [0.25, 0.3) is 0 Å². The molecule has 5 nitrogen and oxygen atoms in total. The van der Waals surface area contributed by atoms with Gasteiger partial charge in [0.2, 0.25) is 0 Å². The molecule has 186 valence electrons. The number of phenols is 2. The first-order chi connectivity index (χ1) is 17.3. The summed E-state index contributed by atoms with van der Waals surface area (Å²) in [5.74, 6) is 0.215. The summed E-state index contributed by atoms with van der Waals surface area (Å²) >= 11 is 6.58. The third kappa shape index (κ3) is 5.73. The molecule has 0 aliphatic carbocycles. The number of carbonyl (C=O) groups is 2. The number of benzene rings is 3. The van der Waals surface area contributed by atoms with Gasteiger partial charge in [-0.2, -0.15) is 0 Å². The molecule has 1 heterocycles. The number of fused-ring (bicyclic) bond motifs is 1. The van der Waals surface area contributed by atoms with Gasteiger partial charge in [0.15, 0.2) is 5.78 Å². The quantitative estimate of drug-likeness (QED) is 0.141. The number of carbonyl (C=O) groups excluding carboxylic acids is 2. The van der Waals surface area contributed by atoms with E-state index in [9.17, 15) is 19.8 Å². The highest BCUT2D eigenvalue weighted by Gasteiger charge is 2.25. The molecule has 0 saturated carbocycles. The molecule has 0 aliphatic heterocycles. The van der Waals surface area contributed by atoms with Gasteiger partial charge in [0.1, 0.15) is 28.6 Å². The van der Waals surface area contributed by atoms with E-state index in [2.05, 4.69) is 38.8 Å². The fourth-order valence-electron chi connectivity index (χ4n) is 4.27. The Morgan fingerprint density at radius 2 is 1.61 bits per heavy atom. The molecule has 3 aromatic carbocycles. The highest BCUT2D eigenvalue weighted by molar-refractivity contribution is 9.11. The van der Waals surface area contributed by atoms with Crippen LogP contribution in [0.1, 0.15) is 59.0 Å². The smallest absolute Gasteiger partial charge is 0.197 e. The van der Waals surface area contributed by atoms with Gasteiger partial charge in [-0.15, -0.1) is 0 Å². The van der Waals surface area contributed by atoms with Crippen LogP contribution in [0.5, 0.6) is 11.5 Å². The zero-order valence-electron chi connectivity index (χ0n) is 19.8. The maximum Gasteiger partial charge on any atom is 0.197 e. The van der Waals surface area contributed by atoms with Crippen LogP contribution in [0.2, 0.25) is 0 Å². The predicted octanol–water partition coefficient (Wildman–Crippen LogP) is 7.69. The normalized spacial score (nSPS) is 11.2. The Labute approximate surface area is 226 Å². The lowest BCUT2D eigenvalue weighted by Gasteiger charge is -2.07. The number of hydrogen-bond acceptors (Lipinski definition) is 5. The van der Waals surface area contributed by atoms with E-state index >= 15 is 0 Å². The fourth-order valence-corrected chi connectivity index (χ4v) is 5.45. The molecule has 0 spiro atoms. The van der Waals surface area contributed by atoms with Gasteiger partial charge < -0.3 is 14.6 Å². The molecule has 36 heavy (non-hydrogen) atoms. The molecular weight excluding hydrogens is 588 g/mol. The number of unbranched alkanes of at least 4 members (excludes halogenated alkanes) is 2. The van der Waals surface area contributed by atoms with Crippen molar-refractivity contribution in [1.29, 1.82) is 0 Å². The molecule has 4 aromatic rings. The van der Waals surface area contributed by atoms with Gasteiger partial charge in [0.05, 0.1) is 14.5 Å². The number of aryl methyl sites for hydroxylation is 1. The first-order valence-corrected chi connectivity index (χ1v) is 13.4. The molecule has 0 fully saturated rings. The zero-order valence-corrected chi connectivity index (χ0v) is 23.0. The van der Waals surface area contributed by atoms with Crippen molar-refractivity contribution in [2.75, 3.05) is 0 Å². The molecule has 0 aliphatic rings. The van der Waals surface area contributed by atoms with Crippen molar-refractivity contribution in [3.8, 4) is 11.5 Å². The first-order valence-electron chi connectivity index (χ1n) is 11.8. The van der Waals surface area contributed by atoms with E-state index in [1.54, 1.807) is 18.2 Å². The average molecular weight is 614 g/mol. The largest absolute Gasteiger partial charge is 0.508 e. The van der Waals surface area contributed by atoms with Gasteiger partial charge in [0, 0.05) is 35.8 Å². The van der Waals surface area contributed by atoms with Crippen molar-refractivity contribution in [2.24, 2.45) is 0 Å². The highest BCUT2D eigenvalue weighted by Crippen LogP contribution is 2.37. The van der Waals surface area contributed by atoms with Crippen molar-refractivity contribution in [3.05, 3.63) is 91.6 Å². The standard InChI is InChI=1S/C29H26Br2O5/c1-2-3-5-10-25-27(28(34)19-13-22(30)29(35)23(31)14-19)21-16-24(33)18(15-26(21)36-25)12-20(32)11-17-8-6-4-7-9-17/h4,6-9,13-16,33,35H,2-3,5,10-12H2,1H3. The van der Waals surface area contributed by atoms with E-state index < -0.39 is 0 Å². The number of ketones is 2. The lowest BCUT2D eigenvalue weighted by Crippen LogP contribution is -2.07. The first kappa shape index (κ1) is 26.2. The molecule has 0 unspecified atom stereocenters. The summed E-state index contributed by atoms with van der Waals surface area (Å²) in [4.78, 5) is 26.3. The van der Waals surface area contributed by atoms with Crippen LogP contribution < -0.4 is 0 Å². The zero-order chi connectivity index (χ0) is 25.8. The summed E-state index contributed by atoms with van der Waals surface area (Å²) in [7, 11) is 0. The van der Waals surface area contributed by atoms with E-state index in [0.29, 0.717) is 48.8 Å². The molecule has 2 N–H and O–H groups in total. The Morgan fingerprint density at radius 1 is 0.917 bits per heavy atom. The molecular formula is C29H26Br2O5. The Bertz CT molecular complexity index is 1400. The van der Waals surface area contributed by atoms with Crippen molar-refractivity contribution >= 4 is 54.4 Å². The van der Waals surface area contributed by atoms with Crippen LogP contribution in [-0.4, -0.2) is 21.8 Å². The lowest BCUT2D eigenvalue weighted by molar-refractivity contribution is -0.117. The Kier molecular flexibility index (Phi) is 8.32. The van der Waals surface area contributed by atoms with E-state index in [0.717, 1.165) is 24.8 Å². The number of phenolic OH excluding ortho intramolecular Hbond substituents is 2. The highest BCUT2D eigenvalue weighted by atomic mass is 79.9. The summed E-state index contributed by atoms with van der Waals surface area (Å²) in [5.41, 5.74) is 2.60. The van der Waals surface area contributed by atoms with E-state index in [4.69, 9.17) is 4.42 Å². The fraction of sp³-hybridized carbons (Fsp3) is 0.241. The van der Waals surface area contributed by atoms with E-state index in [1.807, 2.05) is 30.3 Å². The van der Waals surface area contributed by atoms with Crippen molar-refractivity contribution in [3.63, 3.8) is 0 Å². The molecule has 0 radical (unpaired) electrons. The summed E-state index contributed by atoms with van der Waals surface area (Å²) in [6.45, 7) is 2.10. The number of furan rings is 1. The van der Waals surface area contributed by atoms with Gasteiger partial charge >= 0.3 is 0 Å². The SMILES string of the molecule is CCCCCc1oc2cc(CC(=O)Cc3ccccc3)c(O)cc2c1C(=O)c1cc(Br)c(O)c(Br)c1. The Morgan fingerprint density at radius 3 is 2.28 bits per heavy atom. The maximum atomic E-state index is 13.6. The number of aromatic hydroxyl groups is 2. The van der Waals surface area contributed by atoms with E-state index in [-0.39, 0.29) is 35.9 Å². The molecule has 0 bridgehead atoms. The maximum absolute atomic E-state index is 13.6. The minimum Gasteiger partial charge on any atom is -0.508 e. The van der Waals surface area contributed by atoms with Crippen molar-refractivity contribution in [2.45, 2.75) is 45.4 Å². The van der Waals surface area contributed by atoms with Crippen LogP contribution in [0.25, 0.3) is 11.0 Å². The summed E-state index contributed by atoms with van der Waals surface area (Å²) in [5, 5.41) is 21.4. The molecule has 7 heteroatoms. The average Bonchev–Trinajstić information content (AvgIpc) is 3.19. The van der Waals surface area contributed by atoms with Gasteiger partial charge in [-0.25, -0.2) is 0 Å². The Hall–Kier alpha value is -2.90. The van der Waals surface area contributed by atoms with Gasteiger partial charge in [-0.3, -0.25) is 9.59 Å². The van der Waals surface area contributed by atoms with Gasteiger partial charge in [-0.1, -0.05) is 50.1 Å². The minimum atomic E-state index is -0.269. The van der Waals surface area contributed by atoms with Crippen LogP contribution >= 0.6 is 31.9 Å². The Balaban J connectivity index is 1.72. The third-order valence-corrected chi connectivity index (χ3v) is 7.32. The number of rotatable bonds is 10. The van der Waals surface area contributed by atoms with E-state index in [1.165, 1.54) is 6.07 Å². The predicted molar refractivity (Wildman–Crippen MR) is 147 cm³/mol. The van der Waals surface area contributed by atoms with Crippen molar-refractivity contribution < 1.29 is 24.2 Å². The second-order valence-corrected chi connectivity index (χ2v) is 10.5. The minimum absolute atomic E-state index is 0.00854. The van der Waals surface area contributed by atoms with Gasteiger partial charge in [-0.05, 0) is 68.1 Å². The monoisotopic (exact) mass is 612 g/mol.